The SMILES string of the molecule is CNCc1cc(F)ccc1C(=O)Nc1sc2c(c1C(=O)O)CC(C)(C)CC2. The summed E-state index contributed by atoms with van der Waals surface area (Å²) in [6, 6.07) is 3.97. The Morgan fingerprint density at radius 1 is 1.33 bits per heavy atom. The number of benzene rings is 1. The lowest BCUT2D eigenvalue weighted by Gasteiger charge is -2.29. The standard InChI is InChI=1S/C20H23FN2O3S/c1-20(2)7-6-15-14(9-20)16(19(25)26)18(27-15)23-17(24)13-5-4-12(21)8-11(13)10-22-3/h4-5,8,22H,6-7,9-10H2,1-3H3,(H,23,24)(H,25,26). The third-order valence-electron chi connectivity index (χ3n) is 4.89. The number of carbonyl (C=O) groups is 2. The number of carboxylic acids is 1. The monoisotopic (exact) mass is 390 g/mol. The van der Waals surface area contributed by atoms with Crippen LogP contribution in [0, 0.1) is 11.2 Å². The van der Waals surface area contributed by atoms with Crippen molar-refractivity contribution in [3.8, 4) is 0 Å². The van der Waals surface area contributed by atoms with Gasteiger partial charge in [-0.25, -0.2) is 9.18 Å². The fourth-order valence-corrected chi connectivity index (χ4v) is 4.73. The summed E-state index contributed by atoms with van der Waals surface area (Å²) in [5, 5.41) is 15.8. The maximum atomic E-state index is 13.5. The molecule has 0 unspecified atom stereocenters. The summed E-state index contributed by atoms with van der Waals surface area (Å²) in [5.41, 5.74) is 1.90. The van der Waals surface area contributed by atoms with Gasteiger partial charge in [0, 0.05) is 17.0 Å². The Hall–Kier alpha value is -2.25. The first kappa shape index (κ1) is 19.5. The van der Waals surface area contributed by atoms with Crippen molar-refractivity contribution in [2.24, 2.45) is 5.41 Å². The number of carboxylic acid groups (broad SMARTS) is 1. The minimum absolute atomic E-state index is 0.0382. The summed E-state index contributed by atoms with van der Waals surface area (Å²) in [6.07, 6.45) is 2.47. The molecule has 0 saturated heterocycles. The lowest BCUT2D eigenvalue weighted by atomic mass is 9.76. The highest BCUT2D eigenvalue weighted by Crippen LogP contribution is 2.43. The van der Waals surface area contributed by atoms with E-state index in [1.807, 2.05) is 0 Å². The lowest BCUT2D eigenvalue weighted by molar-refractivity contribution is 0.0696. The molecule has 3 rings (SSSR count). The van der Waals surface area contributed by atoms with Crippen LogP contribution in [-0.4, -0.2) is 24.0 Å². The van der Waals surface area contributed by atoms with Crippen LogP contribution >= 0.6 is 11.3 Å². The molecule has 5 nitrogen and oxygen atoms in total. The fraction of sp³-hybridized carbons (Fsp3) is 0.400. The molecule has 1 heterocycles. The Morgan fingerprint density at radius 2 is 2.07 bits per heavy atom. The molecular formula is C20H23FN2O3S. The third kappa shape index (κ3) is 4.04. The van der Waals surface area contributed by atoms with Gasteiger partial charge in [0.15, 0.2) is 0 Å². The van der Waals surface area contributed by atoms with E-state index in [1.165, 1.54) is 29.5 Å². The van der Waals surface area contributed by atoms with Gasteiger partial charge in [0.1, 0.15) is 10.8 Å². The molecule has 1 aliphatic carbocycles. The number of carbonyl (C=O) groups excluding carboxylic acids is 1. The fourth-order valence-electron chi connectivity index (χ4n) is 3.53. The van der Waals surface area contributed by atoms with Crippen LogP contribution in [0.15, 0.2) is 18.2 Å². The number of rotatable bonds is 5. The van der Waals surface area contributed by atoms with Gasteiger partial charge in [-0.3, -0.25) is 4.79 Å². The molecule has 2 aromatic rings. The summed E-state index contributed by atoms with van der Waals surface area (Å²) in [6.45, 7) is 4.58. The van der Waals surface area contributed by atoms with E-state index in [1.54, 1.807) is 7.05 Å². The molecule has 7 heteroatoms. The zero-order valence-electron chi connectivity index (χ0n) is 15.6. The van der Waals surface area contributed by atoms with E-state index in [2.05, 4.69) is 24.5 Å². The summed E-state index contributed by atoms with van der Waals surface area (Å²) < 4.78 is 13.5. The number of thiophene rings is 1. The molecule has 1 aromatic heterocycles. The van der Waals surface area contributed by atoms with E-state index in [0.717, 1.165) is 23.3 Å². The van der Waals surface area contributed by atoms with Crippen molar-refractivity contribution in [1.82, 2.24) is 5.32 Å². The van der Waals surface area contributed by atoms with Crippen molar-refractivity contribution in [2.75, 3.05) is 12.4 Å². The van der Waals surface area contributed by atoms with E-state index >= 15 is 0 Å². The first-order valence-corrected chi connectivity index (χ1v) is 9.65. The predicted molar refractivity (Wildman–Crippen MR) is 104 cm³/mol. The molecule has 0 fully saturated rings. The van der Waals surface area contributed by atoms with E-state index in [4.69, 9.17) is 0 Å². The number of amides is 1. The van der Waals surface area contributed by atoms with Gasteiger partial charge in [0.25, 0.3) is 5.91 Å². The highest BCUT2D eigenvalue weighted by Gasteiger charge is 2.33. The average molecular weight is 390 g/mol. The summed E-state index contributed by atoms with van der Waals surface area (Å²) in [7, 11) is 1.71. The van der Waals surface area contributed by atoms with Gasteiger partial charge in [-0.1, -0.05) is 13.8 Å². The molecule has 0 spiro atoms. The Labute approximate surface area is 161 Å². The summed E-state index contributed by atoms with van der Waals surface area (Å²) in [5.74, 6) is -1.88. The number of nitrogens with one attached hydrogen (secondary N) is 2. The Bertz CT molecular complexity index is 905. The summed E-state index contributed by atoms with van der Waals surface area (Å²) >= 11 is 1.33. The van der Waals surface area contributed by atoms with E-state index in [0.29, 0.717) is 29.1 Å². The molecule has 144 valence electrons. The smallest absolute Gasteiger partial charge is 0.339 e. The second-order valence-corrected chi connectivity index (χ2v) is 8.75. The van der Waals surface area contributed by atoms with E-state index < -0.39 is 17.7 Å². The molecule has 1 aliphatic rings. The quantitative estimate of drug-likeness (QED) is 0.719. The molecule has 1 amide bonds. The third-order valence-corrected chi connectivity index (χ3v) is 6.10. The largest absolute Gasteiger partial charge is 0.478 e. The van der Waals surface area contributed by atoms with Gasteiger partial charge in [-0.15, -0.1) is 11.3 Å². The highest BCUT2D eigenvalue weighted by molar-refractivity contribution is 7.17. The first-order chi connectivity index (χ1) is 12.7. The van der Waals surface area contributed by atoms with Gasteiger partial charge in [-0.05, 0) is 61.1 Å². The van der Waals surface area contributed by atoms with Gasteiger partial charge in [-0.2, -0.15) is 0 Å². The molecule has 0 saturated carbocycles. The molecule has 0 aliphatic heterocycles. The van der Waals surface area contributed by atoms with Crippen molar-refractivity contribution < 1.29 is 19.1 Å². The number of anilines is 1. The van der Waals surface area contributed by atoms with Crippen molar-refractivity contribution in [1.29, 1.82) is 0 Å². The van der Waals surface area contributed by atoms with Crippen LogP contribution in [0.25, 0.3) is 0 Å². The first-order valence-electron chi connectivity index (χ1n) is 8.84. The number of hydrogen-bond acceptors (Lipinski definition) is 4. The molecule has 0 atom stereocenters. The number of aromatic carboxylic acids is 1. The van der Waals surface area contributed by atoms with Crippen molar-refractivity contribution in [3.63, 3.8) is 0 Å². The van der Waals surface area contributed by atoms with Crippen LogP contribution in [0.1, 0.15) is 57.0 Å². The molecule has 0 bridgehead atoms. The topological polar surface area (TPSA) is 78.4 Å². The minimum Gasteiger partial charge on any atom is -0.478 e. The molecule has 27 heavy (non-hydrogen) atoms. The van der Waals surface area contributed by atoms with Crippen LogP contribution in [0.3, 0.4) is 0 Å². The van der Waals surface area contributed by atoms with Crippen molar-refractivity contribution >= 4 is 28.2 Å². The van der Waals surface area contributed by atoms with Crippen LogP contribution in [0.2, 0.25) is 0 Å². The van der Waals surface area contributed by atoms with Crippen LogP contribution in [-0.2, 0) is 19.4 Å². The Kier molecular flexibility index (Phi) is 5.35. The Balaban J connectivity index is 1.96. The van der Waals surface area contributed by atoms with E-state index in [-0.39, 0.29) is 11.0 Å². The Morgan fingerprint density at radius 3 is 2.74 bits per heavy atom. The lowest BCUT2D eigenvalue weighted by Crippen LogP contribution is -2.23. The molecular weight excluding hydrogens is 367 g/mol. The predicted octanol–water partition coefficient (Wildman–Crippen LogP) is 4.07. The molecule has 3 N–H and O–H groups in total. The van der Waals surface area contributed by atoms with Crippen molar-refractivity contribution in [3.05, 3.63) is 51.1 Å². The second-order valence-electron chi connectivity index (χ2n) is 7.64. The number of aryl methyl sites for hydroxylation is 1. The minimum atomic E-state index is -1.03. The maximum Gasteiger partial charge on any atom is 0.339 e. The van der Waals surface area contributed by atoms with Gasteiger partial charge < -0.3 is 15.7 Å². The van der Waals surface area contributed by atoms with Crippen LogP contribution < -0.4 is 10.6 Å². The average Bonchev–Trinajstić information content (AvgIpc) is 2.91. The summed E-state index contributed by atoms with van der Waals surface area (Å²) in [4.78, 5) is 25.7. The van der Waals surface area contributed by atoms with Crippen molar-refractivity contribution in [2.45, 2.75) is 39.7 Å². The number of halogens is 1. The molecule has 1 aromatic carbocycles. The van der Waals surface area contributed by atoms with Crippen LogP contribution in [0.5, 0.6) is 0 Å². The number of hydrogen-bond donors (Lipinski definition) is 3. The number of fused-ring (bicyclic) bond motifs is 1. The van der Waals surface area contributed by atoms with Gasteiger partial charge in [0.05, 0.1) is 5.56 Å². The highest BCUT2D eigenvalue weighted by atomic mass is 32.1. The normalized spacial score (nSPS) is 15.3. The van der Waals surface area contributed by atoms with Gasteiger partial charge in [0.2, 0.25) is 0 Å². The maximum absolute atomic E-state index is 13.5. The van der Waals surface area contributed by atoms with Crippen LogP contribution in [0.4, 0.5) is 9.39 Å². The van der Waals surface area contributed by atoms with Gasteiger partial charge >= 0.3 is 5.97 Å². The molecule has 0 radical (unpaired) electrons. The zero-order valence-corrected chi connectivity index (χ0v) is 16.4. The zero-order chi connectivity index (χ0) is 19.8. The van der Waals surface area contributed by atoms with E-state index in [9.17, 15) is 19.1 Å². The second kappa shape index (κ2) is 7.40.